The van der Waals surface area contributed by atoms with Crippen LogP contribution in [-0.2, 0) is 11.2 Å². The van der Waals surface area contributed by atoms with Gasteiger partial charge in [-0.1, -0.05) is 29.8 Å². The van der Waals surface area contributed by atoms with E-state index in [1.54, 1.807) is 18.2 Å². The molecule has 0 aliphatic carbocycles. The maximum absolute atomic E-state index is 13.7. The number of hydrogen-bond donors (Lipinski definition) is 2. The molecule has 2 N–H and O–H groups in total. The van der Waals surface area contributed by atoms with Gasteiger partial charge >= 0.3 is 5.97 Å². The number of amides is 1. The largest absolute Gasteiger partial charge is 0.481 e. The van der Waals surface area contributed by atoms with E-state index in [1.165, 1.54) is 24.3 Å². The first kappa shape index (κ1) is 15.0. The van der Waals surface area contributed by atoms with Crippen LogP contribution in [0.2, 0.25) is 5.02 Å². The third-order valence-corrected chi connectivity index (χ3v) is 3.03. The van der Waals surface area contributed by atoms with Gasteiger partial charge in [0.15, 0.2) is 5.82 Å². The summed E-state index contributed by atoms with van der Waals surface area (Å²) in [5, 5.41) is 11.1. The maximum atomic E-state index is 13.7. The van der Waals surface area contributed by atoms with E-state index in [2.05, 4.69) is 5.32 Å². The minimum atomic E-state index is -0.973. The van der Waals surface area contributed by atoms with Crippen molar-refractivity contribution in [1.29, 1.82) is 0 Å². The molecule has 4 nitrogen and oxygen atoms in total. The van der Waals surface area contributed by atoms with Crippen LogP contribution >= 0.6 is 11.6 Å². The zero-order chi connectivity index (χ0) is 15.4. The number of carboxylic acids is 1. The Bertz CT molecular complexity index is 703. The molecule has 0 aromatic heterocycles. The van der Waals surface area contributed by atoms with Crippen LogP contribution in [0.3, 0.4) is 0 Å². The molecule has 6 heteroatoms. The summed E-state index contributed by atoms with van der Waals surface area (Å²) in [6.07, 6.45) is -0.158. The Morgan fingerprint density at radius 2 is 1.90 bits per heavy atom. The molecule has 0 aliphatic heterocycles. The van der Waals surface area contributed by atoms with Crippen LogP contribution in [0.5, 0.6) is 0 Å². The molecule has 21 heavy (non-hydrogen) atoms. The highest BCUT2D eigenvalue weighted by molar-refractivity contribution is 6.31. The van der Waals surface area contributed by atoms with Crippen molar-refractivity contribution in [2.45, 2.75) is 6.42 Å². The van der Waals surface area contributed by atoms with Gasteiger partial charge in [0.2, 0.25) is 0 Å². The fraction of sp³-hybridized carbons (Fsp3) is 0.0667. The SMILES string of the molecule is O=C(O)Cc1cccc(NC(=O)c2cccc(Cl)c2F)c1. The van der Waals surface area contributed by atoms with Crippen molar-refractivity contribution in [2.24, 2.45) is 0 Å². The van der Waals surface area contributed by atoms with E-state index < -0.39 is 17.7 Å². The van der Waals surface area contributed by atoms with Crippen LogP contribution in [0.1, 0.15) is 15.9 Å². The first-order valence-corrected chi connectivity index (χ1v) is 6.41. The molecular formula is C15H11ClFNO3. The van der Waals surface area contributed by atoms with Crippen LogP contribution in [0.15, 0.2) is 42.5 Å². The number of rotatable bonds is 4. The molecule has 108 valence electrons. The second-order valence-corrected chi connectivity index (χ2v) is 4.73. The normalized spacial score (nSPS) is 10.2. The van der Waals surface area contributed by atoms with Gasteiger partial charge in [-0.15, -0.1) is 0 Å². The highest BCUT2D eigenvalue weighted by Gasteiger charge is 2.14. The summed E-state index contributed by atoms with van der Waals surface area (Å²) in [7, 11) is 0. The molecule has 0 aliphatic rings. The van der Waals surface area contributed by atoms with E-state index in [0.717, 1.165) is 0 Å². The number of anilines is 1. The Morgan fingerprint density at radius 1 is 1.19 bits per heavy atom. The quantitative estimate of drug-likeness (QED) is 0.910. The van der Waals surface area contributed by atoms with Crippen molar-refractivity contribution >= 4 is 29.2 Å². The number of nitrogens with one attached hydrogen (secondary N) is 1. The zero-order valence-electron chi connectivity index (χ0n) is 10.8. The molecule has 0 fully saturated rings. The molecule has 0 bridgehead atoms. The average molecular weight is 308 g/mol. The number of carboxylic acid groups (broad SMARTS) is 1. The Balaban J connectivity index is 2.20. The lowest BCUT2D eigenvalue weighted by molar-refractivity contribution is -0.136. The van der Waals surface area contributed by atoms with E-state index in [4.69, 9.17) is 16.7 Å². The summed E-state index contributed by atoms with van der Waals surface area (Å²) in [5.41, 5.74) is 0.746. The molecule has 0 unspecified atom stereocenters. The van der Waals surface area contributed by atoms with Crippen molar-refractivity contribution in [3.8, 4) is 0 Å². The lowest BCUT2D eigenvalue weighted by atomic mass is 10.1. The second kappa shape index (κ2) is 6.37. The number of aliphatic carboxylic acids is 1. The summed E-state index contributed by atoms with van der Waals surface area (Å²) in [6, 6.07) is 10.5. The van der Waals surface area contributed by atoms with Crippen LogP contribution in [-0.4, -0.2) is 17.0 Å². The van der Waals surface area contributed by atoms with Crippen molar-refractivity contribution in [3.05, 3.63) is 64.4 Å². The van der Waals surface area contributed by atoms with Gasteiger partial charge in [0.25, 0.3) is 5.91 Å². The summed E-state index contributed by atoms with van der Waals surface area (Å²) in [4.78, 5) is 22.6. The first-order valence-electron chi connectivity index (χ1n) is 6.03. The fourth-order valence-corrected chi connectivity index (χ4v) is 1.99. The Labute approximate surface area is 125 Å². The van der Waals surface area contributed by atoms with E-state index in [0.29, 0.717) is 11.3 Å². The number of carbonyl (C=O) groups excluding carboxylic acids is 1. The van der Waals surface area contributed by atoms with Crippen LogP contribution in [0, 0.1) is 5.82 Å². The molecule has 2 aromatic carbocycles. The lowest BCUT2D eigenvalue weighted by Crippen LogP contribution is -2.14. The Morgan fingerprint density at radius 3 is 2.62 bits per heavy atom. The van der Waals surface area contributed by atoms with Gasteiger partial charge in [-0.25, -0.2) is 4.39 Å². The molecule has 0 saturated carbocycles. The molecule has 0 heterocycles. The minimum Gasteiger partial charge on any atom is -0.481 e. The van der Waals surface area contributed by atoms with E-state index >= 15 is 0 Å². The van der Waals surface area contributed by atoms with Gasteiger partial charge in [-0.3, -0.25) is 9.59 Å². The summed E-state index contributed by atoms with van der Waals surface area (Å²) < 4.78 is 13.7. The van der Waals surface area contributed by atoms with Crippen molar-refractivity contribution in [1.82, 2.24) is 0 Å². The van der Waals surface area contributed by atoms with Gasteiger partial charge in [0, 0.05) is 5.69 Å². The highest BCUT2D eigenvalue weighted by Crippen LogP contribution is 2.19. The topological polar surface area (TPSA) is 66.4 Å². The van der Waals surface area contributed by atoms with E-state index in [9.17, 15) is 14.0 Å². The standard InChI is InChI=1S/C15H11ClFNO3/c16-12-6-2-5-11(14(12)17)15(21)18-10-4-1-3-9(7-10)8-13(19)20/h1-7H,8H2,(H,18,21)(H,19,20). The van der Waals surface area contributed by atoms with E-state index in [-0.39, 0.29) is 17.0 Å². The predicted octanol–water partition coefficient (Wildman–Crippen LogP) is 3.36. The van der Waals surface area contributed by atoms with Crippen LogP contribution < -0.4 is 5.32 Å². The average Bonchev–Trinajstić information content (AvgIpc) is 2.41. The molecule has 0 radical (unpaired) electrons. The van der Waals surface area contributed by atoms with Crippen molar-refractivity contribution in [2.75, 3.05) is 5.32 Å². The Hall–Kier alpha value is -2.40. The summed E-state index contributed by atoms with van der Waals surface area (Å²) >= 11 is 5.62. The van der Waals surface area contributed by atoms with E-state index in [1.807, 2.05) is 0 Å². The highest BCUT2D eigenvalue weighted by atomic mass is 35.5. The minimum absolute atomic E-state index is 0.137. The van der Waals surface area contributed by atoms with Crippen molar-refractivity contribution < 1.29 is 19.1 Å². The molecule has 0 spiro atoms. The monoisotopic (exact) mass is 307 g/mol. The van der Waals surface area contributed by atoms with Gasteiger partial charge in [-0.05, 0) is 29.8 Å². The fourth-order valence-electron chi connectivity index (χ4n) is 1.81. The van der Waals surface area contributed by atoms with Gasteiger partial charge < -0.3 is 10.4 Å². The zero-order valence-corrected chi connectivity index (χ0v) is 11.5. The van der Waals surface area contributed by atoms with Crippen LogP contribution in [0.25, 0.3) is 0 Å². The first-order chi connectivity index (χ1) is 9.97. The van der Waals surface area contributed by atoms with Crippen molar-refractivity contribution in [3.63, 3.8) is 0 Å². The number of carbonyl (C=O) groups is 2. The van der Waals surface area contributed by atoms with Gasteiger partial charge in [-0.2, -0.15) is 0 Å². The Kier molecular flexibility index (Phi) is 4.55. The molecule has 0 atom stereocenters. The number of halogens is 2. The summed E-state index contributed by atoms with van der Waals surface area (Å²) in [5.74, 6) is -2.42. The molecule has 0 saturated heterocycles. The molecular weight excluding hydrogens is 297 g/mol. The smallest absolute Gasteiger partial charge is 0.307 e. The number of benzene rings is 2. The van der Waals surface area contributed by atoms with Crippen LogP contribution in [0.4, 0.5) is 10.1 Å². The van der Waals surface area contributed by atoms with Gasteiger partial charge in [0.1, 0.15) is 0 Å². The summed E-state index contributed by atoms with van der Waals surface area (Å²) in [6.45, 7) is 0. The molecule has 2 rings (SSSR count). The number of hydrogen-bond acceptors (Lipinski definition) is 2. The predicted molar refractivity (Wildman–Crippen MR) is 77.1 cm³/mol. The second-order valence-electron chi connectivity index (χ2n) is 4.33. The molecule has 2 aromatic rings. The third kappa shape index (κ3) is 3.79. The maximum Gasteiger partial charge on any atom is 0.307 e. The third-order valence-electron chi connectivity index (χ3n) is 2.74. The lowest BCUT2D eigenvalue weighted by Gasteiger charge is -2.08. The molecule has 1 amide bonds. The van der Waals surface area contributed by atoms with Gasteiger partial charge in [0.05, 0.1) is 17.0 Å².